The Labute approximate surface area is 141 Å². The molecule has 0 aliphatic carbocycles. The quantitative estimate of drug-likeness (QED) is 0.810. The summed E-state index contributed by atoms with van der Waals surface area (Å²) in [6, 6.07) is 15.5. The van der Waals surface area contributed by atoms with E-state index in [4.69, 9.17) is 28.6 Å². The van der Waals surface area contributed by atoms with Crippen LogP contribution in [0.5, 0.6) is 5.75 Å². The van der Waals surface area contributed by atoms with Crippen molar-refractivity contribution in [2.24, 2.45) is 0 Å². The summed E-state index contributed by atoms with van der Waals surface area (Å²) in [7, 11) is 1.96. The van der Waals surface area contributed by atoms with Gasteiger partial charge in [0.25, 0.3) is 0 Å². The van der Waals surface area contributed by atoms with Crippen LogP contribution in [0.1, 0.15) is 12.5 Å². The number of hydrogen-bond donors (Lipinski definition) is 1. The second-order valence-electron chi connectivity index (χ2n) is 4.87. The molecule has 0 fully saturated rings. The van der Waals surface area contributed by atoms with Crippen LogP contribution in [0.15, 0.2) is 48.5 Å². The van der Waals surface area contributed by atoms with E-state index in [2.05, 4.69) is 5.32 Å². The fourth-order valence-electron chi connectivity index (χ4n) is 1.96. The number of thiocarbonyl (C=S) groups is 1. The van der Waals surface area contributed by atoms with Crippen LogP contribution in [0.25, 0.3) is 0 Å². The van der Waals surface area contributed by atoms with Crippen molar-refractivity contribution >= 4 is 34.6 Å². The number of nitrogens with one attached hydrogen (secondary N) is 1. The molecule has 0 saturated heterocycles. The maximum Gasteiger partial charge on any atom is 0.173 e. The minimum absolute atomic E-state index is 0.663. The molecule has 116 valence electrons. The van der Waals surface area contributed by atoms with E-state index in [0.717, 1.165) is 18.0 Å². The fraction of sp³-hybridized carbons (Fsp3) is 0.235. The maximum absolute atomic E-state index is 5.87. The summed E-state index contributed by atoms with van der Waals surface area (Å²) in [6.07, 6.45) is 0. The number of ether oxygens (including phenoxy) is 1. The van der Waals surface area contributed by atoms with E-state index in [-0.39, 0.29) is 0 Å². The number of benzene rings is 2. The molecule has 2 aromatic carbocycles. The molecule has 0 heterocycles. The Balaban J connectivity index is 1.91. The molecule has 2 aromatic rings. The zero-order chi connectivity index (χ0) is 15.9. The Morgan fingerprint density at radius 2 is 1.77 bits per heavy atom. The number of rotatable bonds is 5. The molecule has 0 unspecified atom stereocenters. The number of anilines is 1. The molecule has 0 saturated carbocycles. The van der Waals surface area contributed by atoms with Gasteiger partial charge in [0.05, 0.1) is 6.61 Å². The van der Waals surface area contributed by atoms with Crippen LogP contribution in [-0.2, 0) is 6.54 Å². The SMILES string of the molecule is CCOc1ccc(CN(C)C(=S)Nc2ccc(Cl)cc2)cc1. The van der Waals surface area contributed by atoms with Crippen molar-refractivity contribution < 1.29 is 4.74 Å². The van der Waals surface area contributed by atoms with E-state index in [0.29, 0.717) is 16.7 Å². The van der Waals surface area contributed by atoms with Crippen molar-refractivity contribution in [2.45, 2.75) is 13.5 Å². The van der Waals surface area contributed by atoms with Crippen molar-refractivity contribution in [3.63, 3.8) is 0 Å². The molecular formula is C17H19ClN2OS. The lowest BCUT2D eigenvalue weighted by molar-refractivity contribution is 0.340. The summed E-state index contributed by atoms with van der Waals surface area (Å²) in [5, 5.41) is 4.57. The first kappa shape index (κ1) is 16.6. The highest BCUT2D eigenvalue weighted by Crippen LogP contribution is 2.16. The first-order valence-corrected chi connectivity index (χ1v) is 7.86. The van der Waals surface area contributed by atoms with Crippen molar-refractivity contribution in [1.29, 1.82) is 0 Å². The van der Waals surface area contributed by atoms with Crippen molar-refractivity contribution in [2.75, 3.05) is 19.0 Å². The molecule has 2 rings (SSSR count). The van der Waals surface area contributed by atoms with Crippen LogP contribution in [-0.4, -0.2) is 23.7 Å². The monoisotopic (exact) mass is 334 g/mol. The largest absolute Gasteiger partial charge is 0.494 e. The first-order chi connectivity index (χ1) is 10.6. The minimum atomic E-state index is 0.663. The van der Waals surface area contributed by atoms with Gasteiger partial charge in [-0.3, -0.25) is 0 Å². The third-order valence-electron chi connectivity index (χ3n) is 3.10. The van der Waals surface area contributed by atoms with Gasteiger partial charge in [-0.2, -0.15) is 0 Å². The molecule has 0 aliphatic heterocycles. The third-order valence-corrected chi connectivity index (χ3v) is 3.76. The smallest absolute Gasteiger partial charge is 0.173 e. The predicted octanol–water partition coefficient (Wildman–Crippen LogP) is 4.57. The Morgan fingerprint density at radius 3 is 2.36 bits per heavy atom. The molecule has 5 heteroatoms. The molecule has 22 heavy (non-hydrogen) atoms. The van der Waals surface area contributed by atoms with Crippen LogP contribution >= 0.6 is 23.8 Å². The first-order valence-electron chi connectivity index (χ1n) is 7.08. The van der Waals surface area contributed by atoms with E-state index >= 15 is 0 Å². The Bertz CT molecular complexity index is 614. The van der Waals surface area contributed by atoms with Gasteiger partial charge >= 0.3 is 0 Å². The van der Waals surface area contributed by atoms with Gasteiger partial charge in [-0.05, 0) is 61.1 Å². The van der Waals surface area contributed by atoms with Crippen LogP contribution in [0.3, 0.4) is 0 Å². The summed E-state index contributed by atoms with van der Waals surface area (Å²) < 4.78 is 5.44. The molecule has 0 aliphatic rings. The van der Waals surface area contributed by atoms with Crippen molar-refractivity contribution in [3.05, 3.63) is 59.1 Å². The van der Waals surface area contributed by atoms with E-state index < -0.39 is 0 Å². The molecule has 0 atom stereocenters. The molecule has 0 amide bonds. The van der Waals surface area contributed by atoms with Crippen LogP contribution in [0.2, 0.25) is 5.02 Å². The summed E-state index contributed by atoms with van der Waals surface area (Å²) in [4.78, 5) is 1.99. The summed E-state index contributed by atoms with van der Waals surface area (Å²) >= 11 is 11.3. The highest BCUT2D eigenvalue weighted by atomic mass is 35.5. The number of nitrogens with zero attached hydrogens (tertiary/aromatic N) is 1. The van der Waals surface area contributed by atoms with Gasteiger partial charge in [-0.25, -0.2) is 0 Å². The van der Waals surface area contributed by atoms with E-state index in [1.54, 1.807) is 0 Å². The standard InChI is InChI=1S/C17H19ClN2OS/c1-3-21-16-10-4-13(5-11-16)12-20(2)17(22)19-15-8-6-14(18)7-9-15/h4-11H,3,12H2,1-2H3,(H,19,22). The molecular weight excluding hydrogens is 316 g/mol. The maximum atomic E-state index is 5.87. The van der Waals surface area contributed by atoms with Gasteiger partial charge in [-0.1, -0.05) is 23.7 Å². The highest BCUT2D eigenvalue weighted by Gasteiger charge is 2.06. The summed E-state index contributed by atoms with van der Waals surface area (Å²) in [5.74, 6) is 0.885. The van der Waals surface area contributed by atoms with Gasteiger partial charge in [0.15, 0.2) is 5.11 Å². The second-order valence-corrected chi connectivity index (χ2v) is 5.69. The lowest BCUT2D eigenvalue weighted by Gasteiger charge is -2.21. The minimum Gasteiger partial charge on any atom is -0.494 e. The van der Waals surface area contributed by atoms with E-state index in [1.165, 1.54) is 5.56 Å². The normalized spacial score (nSPS) is 10.1. The van der Waals surface area contributed by atoms with Crippen molar-refractivity contribution in [1.82, 2.24) is 4.90 Å². The summed E-state index contributed by atoms with van der Waals surface area (Å²) in [6.45, 7) is 3.38. The van der Waals surface area contributed by atoms with Gasteiger partial charge in [0.1, 0.15) is 5.75 Å². The van der Waals surface area contributed by atoms with Crippen LogP contribution < -0.4 is 10.1 Å². The number of halogens is 1. The topological polar surface area (TPSA) is 24.5 Å². The zero-order valence-corrected chi connectivity index (χ0v) is 14.2. The molecule has 0 spiro atoms. The average molecular weight is 335 g/mol. The van der Waals surface area contributed by atoms with Gasteiger partial charge < -0.3 is 15.0 Å². The van der Waals surface area contributed by atoms with Crippen molar-refractivity contribution in [3.8, 4) is 5.75 Å². The Morgan fingerprint density at radius 1 is 1.14 bits per heavy atom. The Kier molecular flexibility index (Phi) is 6.04. The lowest BCUT2D eigenvalue weighted by atomic mass is 10.2. The lowest BCUT2D eigenvalue weighted by Crippen LogP contribution is -2.30. The van der Waals surface area contributed by atoms with E-state index in [9.17, 15) is 0 Å². The van der Waals surface area contributed by atoms with Gasteiger partial charge in [0.2, 0.25) is 0 Å². The number of hydrogen-bond acceptors (Lipinski definition) is 2. The second kappa shape index (κ2) is 8.01. The molecule has 0 bridgehead atoms. The van der Waals surface area contributed by atoms with E-state index in [1.807, 2.05) is 67.4 Å². The van der Waals surface area contributed by atoms with Crippen LogP contribution in [0, 0.1) is 0 Å². The molecule has 0 aromatic heterocycles. The highest BCUT2D eigenvalue weighted by molar-refractivity contribution is 7.80. The summed E-state index contributed by atoms with van der Waals surface area (Å²) in [5.41, 5.74) is 2.10. The van der Waals surface area contributed by atoms with Gasteiger partial charge in [-0.15, -0.1) is 0 Å². The zero-order valence-electron chi connectivity index (χ0n) is 12.7. The molecule has 3 nitrogen and oxygen atoms in total. The van der Waals surface area contributed by atoms with Crippen LogP contribution in [0.4, 0.5) is 5.69 Å². The Hall–Kier alpha value is -1.78. The molecule has 1 N–H and O–H groups in total. The average Bonchev–Trinajstić information content (AvgIpc) is 2.51. The molecule has 0 radical (unpaired) electrons. The fourth-order valence-corrected chi connectivity index (χ4v) is 2.26. The third kappa shape index (κ3) is 4.90. The van der Waals surface area contributed by atoms with Gasteiger partial charge in [0, 0.05) is 24.3 Å². The predicted molar refractivity (Wildman–Crippen MR) is 96.8 cm³/mol.